The van der Waals surface area contributed by atoms with Gasteiger partial charge in [-0.25, -0.2) is 17.5 Å². The quantitative estimate of drug-likeness (QED) is 0.636. The molecule has 1 saturated carbocycles. The molecule has 2 aromatic rings. The van der Waals surface area contributed by atoms with Crippen LogP contribution in [0.4, 0.5) is 10.1 Å². The molecule has 2 aromatic carbocycles. The molecule has 1 N–H and O–H groups in total. The molecule has 9 heteroatoms. The zero-order chi connectivity index (χ0) is 19.1. The summed E-state index contributed by atoms with van der Waals surface area (Å²) in [5.74, 6) is -1.86. The Labute approximate surface area is 149 Å². The topological polar surface area (TPSA) is 106 Å². The molecular formula is C17H15FN2O5S. The molecule has 1 amide bonds. The van der Waals surface area contributed by atoms with Crippen LogP contribution in [0.2, 0.25) is 0 Å². The SMILES string of the molecule is Cc1cc([N+](=O)[O-])ccc1S(=O)(=O)NC(=O)C1CC1c1cccc(F)c1. The van der Waals surface area contributed by atoms with E-state index in [9.17, 15) is 27.7 Å². The maximum Gasteiger partial charge on any atom is 0.269 e. The van der Waals surface area contributed by atoms with E-state index >= 15 is 0 Å². The summed E-state index contributed by atoms with van der Waals surface area (Å²) in [4.78, 5) is 22.2. The van der Waals surface area contributed by atoms with Crippen LogP contribution < -0.4 is 4.72 Å². The van der Waals surface area contributed by atoms with Gasteiger partial charge in [-0.3, -0.25) is 14.9 Å². The van der Waals surface area contributed by atoms with Gasteiger partial charge in [0.15, 0.2) is 0 Å². The number of nitro benzene ring substituents is 1. The van der Waals surface area contributed by atoms with Crippen molar-refractivity contribution < 1.29 is 22.5 Å². The summed E-state index contributed by atoms with van der Waals surface area (Å²) >= 11 is 0. The van der Waals surface area contributed by atoms with Gasteiger partial charge in [0.25, 0.3) is 15.7 Å². The van der Waals surface area contributed by atoms with E-state index in [0.717, 1.165) is 18.2 Å². The average molecular weight is 378 g/mol. The highest BCUT2D eigenvalue weighted by atomic mass is 32.2. The number of halogens is 1. The summed E-state index contributed by atoms with van der Waals surface area (Å²) < 4.78 is 40.1. The van der Waals surface area contributed by atoms with E-state index in [1.165, 1.54) is 25.1 Å². The third kappa shape index (κ3) is 3.57. The first-order valence-corrected chi connectivity index (χ1v) is 9.24. The molecule has 136 valence electrons. The second-order valence-corrected chi connectivity index (χ2v) is 7.83. The summed E-state index contributed by atoms with van der Waals surface area (Å²) in [6.07, 6.45) is 0.435. The van der Waals surface area contributed by atoms with Crippen molar-refractivity contribution in [3.63, 3.8) is 0 Å². The van der Waals surface area contributed by atoms with Gasteiger partial charge in [-0.2, -0.15) is 0 Å². The van der Waals surface area contributed by atoms with Crippen LogP contribution in [0.1, 0.15) is 23.5 Å². The van der Waals surface area contributed by atoms with E-state index in [1.54, 1.807) is 6.07 Å². The van der Waals surface area contributed by atoms with E-state index in [4.69, 9.17) is 0 Å². The minimum Gasteiger partial charge on any atom is -0.274 e. The predicted octanol–water partition coefficient (Wildman–Crippen LogP) is 2.65. The van der Waals surface area contributed by atoms with E-state index in [1.807, 2.05) is 4.72 Å². The molecule has 0 spiro atoms. The van der Waals surface area contributed by atoms with Crippen LogP contribution in [0.5, 0.6) is 0 Å². The highest BCUT2D eigenvalue weighted by Gasteiger charge is 2.45. The summed E-state index contributed by atoms with van der Waals surface area (Å²) in [5.41, 5.74) is 0.576. The van der Waals surface area contributed by atoms with Crippen LogP contribution >= 0.6 is 0 Å². The minimum absolute atomic E-state index is 0.164. The summed E-state index contributed by atoms with van der Waals surface area (Å²) in [7, 11) is -4.15. The zero-order valence-electron chi connectivity index (χ0n) is 13.7. The molecule has 1 aliphatic rings. The fourth-order valence-electron chi connectivity index (χ4n) is 2.90. The first-order valence-electron chi connectivity index (χ1n) is 7.76. The van der Waals surface area contributed by atoms with E-state index in [2.05, 4.69) is 0 Å². The molecule has 7 nitrogen and oxygen atoms in total. The number of non-ortho nitro benzene ring substituents is 1. The third-order valence-electron chi connectivity index (χ3n) is 4.30. The maximum absolute atomic E-state index is 13.3. The van der Waals surface area contributed by atoms with Crippen molar-refractivity contribution in [2.75, 3.05) is 0 Å². The van der Waals surface area contributed by atoms with E-state index < -0.39 is 32.6 Å². The number of carbonyl (C=O) groups excluding carboxylic acids is 1. The second kappa shape index (κ2) is 6.49. The van der Waals surface area contributed by atoms with Gasteiger partial charge in [0, 0.05) is 18.1 Å². The number of rotatable bonds is 5. The normalized spacial score (nSPS) is 19.0. The lowest BCUT2D eigenvalue weighted by atomic mass is 10.1. The Morgan fingerprint density at radius 2 is 2.00 bits per heavy atom. The monoisotopic (exact) mass is 378 g/mol. The highest BCUT2D eigenvalue weighted by molar-refractivity contribution is 7.90. The number of nitro groups is 1. The Morgan fingerprint density at radius 1 is 1.27 bits per heavy atom. The summed E-state index contributed by atoms with van der Waals surface area (Å²) in [5, 5.41) is 10.7. The molecule has 3 rings (SSSR count). The number of hydrogen-bond acceptors (Lipinski definition) is 5. The zero-order valence-corrected chi connectivity index (χ0v) is 14.5. The number of aryl methyl sites for hydroxylation is 1. The summed E-state index contributed by atoms with van der Waals surface area (Å²) in [6.45, 7) is 1.42. The molecule has 0 heterocycles. The van der Waals surface area contributed by atoms with Crippen LogP contribution in [-0.4, -0.2) is 19.2 Å². The molecule has 0 bridgehead atoms. The first-order chi connectivity index (χ1) is 12.2. The summed E-state index contributed by atoms with van der Waals surface area (Å²) in [6, 6.07) is 9.14. The number of hydrogen-bond donors (Lipinski definition) is 1. The first kappa shape index (κ1) is 18.0. The van der Waals surface area contributed by atoms with Gasteiger partial charge in [-0.15, -0.1) is 0 Å². The lowest BCUT2D eigenvalue weighted by Gasteiger charge is -2.09. The molecule has 2 unspecified atom stereocenters. The van der Waals surface area contributed by atoms with Gasteiger partial charge < -0.3 is 0 Å². The molecular weight excluding hydrogens is 363 g/mol. The number of sulfonamides is 1. The van der Waals surface area contributed by atoms with Gasteiger partial charge >= 0.3 is 0 Å². The number of amides is 1. The fraction of sp³-hybridized carbons (Fsp3) is 0.235. The molecule has 26 heavy (non-hydrogen) atoms. The van der Waals surface area contributed by atoms with Gasteiger partial charge in [0.1, 0.15) is 5.82 Å². The predicted molar refractivity (Wildman–Crippen MR) is 90.4 cm³/mol. The van der Waals surface area contributed by atoms with Gasteiger partial charge in [-0.1, -0.05) is 12.1 Å². The number of benzene rings is 2. The molecule has 0 radical (unpaired) electrons. The standard InChI is InChI=1S/C17H15FN2O5S/c1-10-7-13(20(22)23)5-6-16(10)26(24,25)19-17(21)15-9-14(15)11-3-2-4-12(18)8-11/h2-8,14-15H,9H2,1H3,(H,19,21). The lowest BCUT2D eigenvalue weighted by molar-refractivity contribution is -0.385. The molecule has 0 saturated heterocycles. The Morgan fingerprint density at radius 3 is 2.62 bits per heavy atom. The van der Waals surface area contributed by atoms with Crippen molar-refractivity contribution >= 4 is 21.6 Å². The minimum atomic E-state index is -4.15. The Hall–Kier alpha value is -2.81. The second-order valence-electron chi connectivity index (χ2n) is 6.18. The third-order valence-corrected chi connectivity index (χ3v) is 5.80. The van der Waals surface area contributed by atoms with Crippen molar-refractivity contribution in [3.8, 4) is 0 Å². The Bertz CT molecular complexity index is 1010. The van der Waals surface area contributed by atoms with Crippen LogP contribution in [0.25, 0.3) is 0 Å². The van der Waals surface area contributed by atoms with Gasteiger partial charge in [-0.05, 0) is 48.6 Å². The Balaban J connectivity index is 1.74. The van der Waals surface area contributed by atoms with Crippen molar-refractivity contribution in [1.29, 1.82) is 0 Å². The van der Waals surface area contributed by atoms with Crippen LogP contribution in [0.15, 0.2) is 47.4 Å². The number of nitrogens with one attached hydrogen (secondary N) is 1. The van der Waals surface area contributed by atoms with Crippen molar-refractivity contribution in [3.05, 3.63) is 69.5 Å². The lowest BCUT2D eigenvalue weighted by Crippen LogP contribution is -2.32. The maximum atomic E-state index is 13.3. The molecule has 1 aliphatic carbocycles. The molecule has 1 fully saturated rings. The van der Waals surface area contributed by atoms with Crippen molar-refractivity contribution in [2.45, 2.75) is 24.2 Å². The number of nitrogens with zero attached hydrogens (tertiary/aromatic N) is 1. The van der Waals surface area contributed by atoms with Gasteiger partial charge in [0.05, 0.1) is 9.82 Å². The fourth-order valence-corrected chi connectivity index (χ4v) is 4.16. The molecule has 0 aliphatic heterocycles. The molecule has 0 aromatic heterocycles. The van der Waals surface area contributed by atoms with E-state index in [0.29, 0.717) is 12.0 Å². The van der Waals surface area contributed by atoms with Crippen LogP contribution in [0.3, 0.4) is 0 Å². The number of carbonyl (C=O) groups is 1. The van der Waals surface area contributed by atoms with Gasteiger partial charge in [0.2, 0.25) is 5.91 Å². The Kier molecular flexibility index (Phi) is 4.49. The average Bonchev–Trinajstić information content (AvgIpc) is 3.34. The van der Waals surface area contributed by atoms with Crippen molar-refractivity contribution in [2.24, 2.45) is 5.92 Å². The largest absolute Gasteiger partial charge is 0.274 e. The smallest absolute Gasteiger partial charge is 0.269 e. The highest BCUT2D eigenvalue weighted by Crippen LogP contribution is 2.47. The molecule has 2 atom stereocenters. The van der Waals surface area contributed by atoms with Crippen LogP contribution in [-0.2, 0) is 14.8 Å². The van der Waals surface area contributed by atoms with E-state index in [-0.39, 0.29) is 22.1 Å². The van der Waals surface area contributed by atoms with Crippen LogP contribution in [0, 0.1) is 28.8 Å². The van der Waals surface area contributed by atoms with Crippen molar-refractivity contribution in [1.82, 2.24) is 4.72 Å².